The van der Waals surface area contributed by atoms with Gasteiger partial charge in [-0.05, 0) is 36.5 Å². The molecule has 0 saturated carbocycles. The van der Waals surface area contributed by atoms with Gasteiger partial charge in [-0.1, -0.05) is 25.1 Å². The van der Waals surface area contributed by atoms with Gasteiger partial charge in [0.15, 0.2) is 5.96 Å². The largest absolute Gasteiger partial charge is 0.355 e. The standard InChI is InChI=1S/C20H29N5S.HI/c1-16(26-19-7-5-4-6-8-19)12-22-20(21-2)25-10-9-17(15-25)11-18-13-23-24(3)14-18;/h4-8,13-14,16-17H,9-12,15H2,1-3H3,(H,21,22);1H. The molecule has 2 aromatic rings. The van der Waals surface area contributed by atoms with Crippen LogP contribution in [-0.2, 0) is 13.5 Å². The fourth-order valence-corrected chi connectivity index (χ4v) is 4.39. The molecule has 2 atom stereocenters. The molecule has 0 spiro atoms. The summed E-state index contributed by atoms with van der Waals surface area (Å²) in [6, 6.07) is 10.6. The third-order valence-corrected chi connectivity index (χ3v) is 5.82. The molecule has 2 heterocycles. The molecule has 0 amide bonds. The van der Waals surface area contributed by atoms with Crippen molar-refractivity contribution in [3.63, 3.8) is 0 Å². The summed E-state index contributed by atoms with van der Waals surface area (Å²) in [6.07, 6.45) is 6.42. The van der Waals surface area contributed by atoms with Gasteiger partial charge >= 0.3 is 0 Å². The van der Waals surface area contributed by atoms with Crippen molar-refractivity contribution < 1.29 is 0 Å². The summed E-state index contributed by atoms with van der Waals surface area (Å²) >= 11 is 1.90. The lowest BCUT2D eigenvalue weighted by Gasteiger charge is -2.23. The Hall–Kier alpha value is -1.22. The van der Waals surface area contributed by atoms with Crippen LogP contribution >= 0.6 is 35.7 Å². The normalized spacial score (nSPS) is 18.3. The summed E-state index contributed by atoms with van der Waals surface area (Å²) in [7, 11) is 3.86. The fourth-order valence-electron chi connectivity index (χ4n) is 3.44. The van der Waals surface area contributed by atoms with Gasteiger partial charge in [0.2, 0.25) is 0 Å². The van der Waals surface area contributed by atoms with Crippen molar-refractivity contribution in [2.45, 2.75) is 29.9 Å². The molecule has 1 aromatic heterocycles. The number of hydrogen-bond acceptors (Lipinski definition) is 3. The summed E-state index contributed by atoms with van der Waals surface area (Å²) in [5, 5.41) is 8.32. The molecule has 2 unspecified atom stereocenters. The van der Waals surface area contributed by atoms with Crippen molar-refractivity contribution in [1.82, 2.24) is 20.0 Å². The van der Waals surface area contributed by atoms with Crippen molar-refractivity contribution in [1.29, 1.82) is 0 Å². The third kappa shape index (κ3) is 6.71. The predicted molar refractivity (Wildman–Crippen MR) is 125 cm³/mol. The number of hydrogen-bond donors (Lipinski definition) is 1. The van der Waals surface area contributed by atoms with E-state index in [9.17, 15) is 0 Å². The van der Waals surface area contributed by atoms with Crippen LogP contribution < -0.4 is 5.32 Å². The van der Waals surface area contributed by atoms with Gasteiger partial charge in [-0.3, -0.25) is 9.67 Å². The van der Waals surface area contributed by atoms with E-state index in [2.05, 4.69) is 63.8 Å². The Balaban J connectivity index is 0.00000261. The monoisotopic (exact) mass is 499 g/mol. The Morgan fingerprint density at radius 1 is 1.37 bits per heavy atom. The number of nitrogens with zero attached hydrogens (tertiary/aromatic N) is 4. The van der Waals surface area contributed by atoms with Crippen molar-refractivity contribution in [3.8, 4) is 0 Å². The summed E-state index contributed by atoms with van der Waals surface area (Å²) in [6.45, 7) is 5.31. The number of thioether (sulfide) groups is 1. The summed E-state index contributed by atoms with van der Waals surface area (Å²) in [4.78, 5) is 8.20. The Labute approximate surface area is 184 Å². The van der Waals surface area contributed by atoms with Crippen molar-refractivity contribution in [2.75, 3.05) is 26.7 Å². The Bertz CT molecular complexity index is 718. The minimum atomic E-state index is 0. The van der Waals surface area contributed by atoms with E-state index in [4.69, 9.17) is 0 Å². The highest BCUT2D eigenvalue weighted by atomic mass is 127. The van der Waals surface area contributed by atoms with E-state index in [0.29, 0.717) is 11.2 Å². The minimum absolute atomic E-state index is 0. The molecule has 27 heavy (non-hydrogen) atoms. The van der Waals surface area contributed by atoms with Crippen molar-refractivity contribution in [2.24, 2.45) is 18.0 Å². The maximum atomic E-state index is 4.50. The molecule has 1 aromatic carbocycles. The van der Waals surface area contributed by atoms with Crippen LogP contribution in [0.3, 0.4) is 0 Å². The first-order valence-corrected chi connectivity index (χ1v) is 10.2. The first-order chi connectivity index (χ1) is 12.6. The Morgan fingerprint density at radius 3 is 2.81 bits per heavy atom. The lowest BCUT2D eigenvalue weighted by molar-refractivity contribution is 0.460. The molecule has 1 fully saturated rings. The SMILES string of the molecule is CN=C(NCC(C)Sc1ccccc1)N1CCC(Cc2cnn(C)c2)C1.I. The molecule has 1 aliphatic heterocycles. The van der Waals surface area contributed by atoms with Gasteiger partial charge in [-0.2, -0.15) is 5.10 Å². The second-order valence-corrected chi connectivity index (χ2v) is 8.51. The highest BCUT2D eigenvalue weighted by Gasteiger charge is 2.25. The number of aryl methyl sites for hydroxylation is 1. The molecule has 5 nitrogen and oxygen atoms in total. The van der Waals surface area contributed by atoms with E-state index < -0.39 is 0 Å². The zero-order valence-electron chi connectivity index (χ0n) is 16.3. The maximum absolute atomic E-state index is 4.50. The number of nitrogens with one attached hydrogen (secondary N) is 1. The van der Waals surface area contributed by atoms with Gasteiger partial charge in [0, 0.05) is 50.1 Å². The summed E-state index contributed by atoms with van der Waals surface area (Å²) in [5.74, 6) is 1.70. The number of likely N-dealkylation sites (tertiary alicyclic amines) is 1. The van der Waals surface area contributed by atoms with Crippen LogP contribution in [0.15, 0.2) is 52.6 Å². The molecule has 0 aliphatic carbocycles. The average molecular weight is 499 g/mol. The molecule has 148 valence electrons. The summed E-state index contributed by atoms with van der Waals surface area (Å²) in [5.41, 5.74) is 1.33. The second-order valence-electron chi connectivity index (χ2n) is 7.00. The van der Waals surface area contributed by atoms with Crippen LogP contribution in [0, 0.1) is 5.92 Å². The fraction of sp³-hybridized carbons (Fsp3) is 0.500. The molecular formula is C20H30IN5S. The Morgan fingerprint density at radius 2 is 2.15 bits per heavy atom. The van der Waals surface area contributed by atoms with Gasteiger partial charge in [0.1, 0.15) is 0 Å². The van der Waals surface area contributed by atoms with E-state index in [1.165, 1.54) is 16.9 Å². The molecule has 1 aliphatic rings. The number of benzene rings is 1. The minimum Gasteiger partial charge on any atom is -0.355 e. The lowest BCUT2D eigenvalue weighted by Crippen LogP contribution is -2.42. The maximum Gasteiger partial charge on any atom is 0.193 e. The van der Waals surface area contributed by atoms with Crippen LogP contribution in [-0.4, -0.2) is 52.6 Å². The predicted octanol–water partition coefficient (Wildman–Crippen LogP) is 3.66. The number of halogens is 1. The zero-order valence-corrected chi connectivity index (χ0v) is 19.5. The number of guanidine groups is 1. The zero-order chi connectivity index (χ0) is 18.4. The molecular weight excluding hydrogens is 469 g/mol. The van der Waals surface area contributed by atoms with E-state index in [0.717, 1.165) is 32.0 Å². The van der Waals surface area contributed by atoms with Gasteiger partial charge in [-0.25, -0.2) is 0 Å². The second kappa shape index (κ2) is 10.9. The average Bonchev–Trinajstić information content (AvgIpc) is 3.26. The van der Waals surface area contributed by atoms with E-state index in [1.807, 2.05) is 36.7 Å². The van der Waals surface area contributed by atoms with E-state index in [-0.39, 0.29) is 24.0 Å². The number of aromatic nitrogens is 2. The van der Waals surface area contributed by atoms with Gasteiger partial charge in [0.05, 0.1) is 6.20 Å². The van der Waals surface area contributed by atoms with E-state index in [1.54, 1.807) is 0 Å². The van der Waals surface area contributed by atoms with Crippen molar-refractivity contribution >= 4 is 41.7 Å². The molecule has 0 bridgehead atoms. The first-order valence-electron chi connectivity index (χ1n) is 9.29. The summed E-state index contributed by atoms with van der Waals surface area (Å²) < 4.78 is 1.88. The number of rotatable bonds is 6. The lowest BCUT2D eigenvalue weighted by atomic mass is 10.0. The first kappa shape index (κ1) is 22.1. The highest BCUT2D eigenvalue weighted by molar-refractivity contribution is 14.0. The Kier molecular flexibility index (Phi) is 8.95. The van der Waals surface area contributed by atoms with Gasteiger partial charge in [0.25, 0.3) is 0 Å². The molecule has 3 rings (SSSR count). The van der Waals surface area contributed by atoms with Gasteiger partial charge in [-0.15, -0.1) is 35.7 Å². The molecule has 1 saturated heterocycles. The third-order valence-electron chi connectivity index (χ3n) is 4.71. The molecule has 1 N–H and O–H groups in total. The quantitative estimate of drug-likeness (QED) is 0.285. The van der Waals surface area contributed by atoms with E-state index >= 15 is 0 Å². The van der Waals surface area contributed by atoms with Crippen LogP contribution in [0.4, 0.5) is 0 Å². The molecule has 7 heteroatoms. The van der Waals surface area contributed by atoms with Crippen LogP contribution in [0.25, 0.3) is 0 Å². The topological polar surface area (TPSA) is 45.5 Å². The molecule has 0 radical (unpaired) electrons. The van der Waals surface area contributed by atoms with Crippen LogP contribution in [0.1, 0.15) is 18.9 Å². The highest BCUT2D eigenvalue weighted by Crippen LogP contribution is 2.23. The van der Waals surface area contributed by atoms with Crippen molar-refractivity contribution in [3.05, 3.63) is 48.3 Å². The van der Waals surface area contributed by atoms with Crippen LogP contribution in [0.5, 0.6) is 0 Å². The number of aliphatic imine (C=N–C) groups is 1. The van der Waals surface area contributed by atoms with Crippen LogP contribution in [0.2, 0.25) is 0 Å². The smallest absolute Gasteiger partial charge is 0.193 e. The van der Waals surface area contributed by atoms with Gasteiger partial charge < -0.3 is 10.2 Å².